The molecule has 3 unspecified atom stereocenters. The molecule has 1 heterocycles. The number of nitrogens with zero attached hydrogens (tertiary/aromatic N) is 1. The van der Waals surface area contributed by atoms with Gasteiger partial charge in [-0.2, -0.15) is 12.7 Å². The average Bonchev–Trinajstić information content (AvgIpc) is 2.17. The average molecular weight is 232 g/mol. The van der Waals surface area contributed by atoms with Gasteiger partial charge in [0.1, 0.15) is 0 Å². The van der Waals surface area contributed by atoms with Gasteiger partial charge in [0.15, 0.2) is 0 Å². The summed E-state index contributed by atoms with van der Waals surface area (Å²) in [6, 6.07) is 0.178. The molecule has 1 aliphatic carbocycles. The molecule has 0 aromatic rings. The fourth-order valence-electron chi connectivity index (χ4n) is 3.19. The number of nitrogens with two attached hydrogens (primary N) is 1. The van der Waals surface area contributed by atoms with E-state index in [0.717, 1.165) is 25.7 Å². The minimum Gasteiger partial charge on any atom is -0.216 e. The third kappa shape index (κ3) is 2.19. The monoisotopic (exact) mass is 232 g/mol. The molecule has 3 atom stereocenters. The van der Waals surface area contributed by atoms with Crippen LogP contribution in [0.25, 0.3) is 0 Å². The Labute approximate surface area is 92.0 Å². The molecule has 2 rings (SSSR count). The lowest BCUT2D eigenvalue weighted by molar-refractivity contribution is 0.0827. The number of piperidine rings is 1. The lowest BCUT2D eigenvalue weighted by atomic mass is 9.74. The molecule has 0 aromatic carbocycles. The summed E-state index contributed by atoms with van der Waals surface area (Å²) in [6.07, 6.45) is 5.49. The van der Waals surface area contributed by atoms with Gasteiger partial charge in [0.25, 0.3) is 10.2 Å². The van der Waals surface area contributed by atoms with Crippen LogP contribution in [-0.2, 0) is 10.2 Å². The van der Waals surface area contributed by atoms with Gasteiger partial charge < -0.3 is 0 Å². The first-order valence-electron chi connectivity index (χ1n) is 5.79. The molecule has 1 aliphatic heterocycles. The zero-order valence-corrected chi connectivity index (χ0v) is 10.0. The van der Waals surface area contributed by atoms with Crippen molar-refractivity contribution in [1.82, 2.24) is 4.31 Å². The highest BCUT2D eigenvalue weighted by Gasteiger charge is 2.41. The van der Waals surface area contributed by atoms with Gasteiger partial charge in [-0.25, -0.2) is 5.14 Å². The van der Waals surface area contributed by atoms with Crippen molar-refractivity contribution >= 4 is 10.2 Å². The van der Waals surface area contributed by atoms with Crippen molar-refractivity contribution in [3.05, 3.63) is 0 Å². The van der Waals surface area contributed by atoms with Crippen LogP contribution in [0.15, 0.2) is 0 Å². The predicted octanol–water partition coefficient (Wildman–Crippen LogP) is 1.09. The SMILES string of the molecule is CC1CCN(S(N)(=O)=O)C2CCCCC12. The molecular formula is C10H20N2O2S. The van der Waals surface area contributed by atoms with E-state index in [0.29, 0.717) is 18.4 Å². The molecule has 15 heavy (non-hydrogen) atoms. The zero-order chi connectivity index (χ0) is 11.1. The van der Waals surface area contributed by atoms with Crippen molar-refractivity contribution in [1.29, 1.82) is 0 Å². The van der Waals surface area contributed by atoms with Gasteiger partial charge >= 0.3 is 0 Å². The molecule has 88 valence electrons. The maximum Gasteiger partial charge on any atom is 0.277 e. The molecule has 2 N–H and O–H groups in total. The van der Waals surface area contributed by atoms with Gasteiger partial charge in [-0.05, 0) is 31.1 Å². The number of rotatable bonds is 1. The summed E-state index contributed by atoms with van der Waals surface area (Å²) < 4.78 is 24.4. The van der Waals surface area contributed by atoms with E-state index < -0.39 is 10.2 Å². The molecule has 0 amide bonds. The summed E-state index contributed by atoms with van der Waals surface area (Å²) in [7, 11) is -3.49. The molecule has 5 heteroatoms. The Morgan fingerprint density at radius 3 is 2.53 bits per heavy atom. The molecule has 2 fully saturated rings. The van der Waals surface area contributed by atoms with Gasteiger partial charge in [-0.1, -0.05) is 19.8 Å². The van der Waals surface area contributed by atoms with Crippen LogP contribution in [-0.4, -0.2) is 25.3 Å². The van der Waals surface area contributed by atoms with Crippen LogP contribution in [0.1, 0.15) is 39.0 Å². The van der Waals surface area contributed by atoms with Crippen LogP contribution in [0.3, 0.4) is 0 Å². The molecule has 4 nitrogen and oxygen atoms in total. The van der Waals surface area contributed by atoms with E-state index in [4.69, 9.17) is 5.14 Å². The van der Waals surface area contributed by atoms with Crippen molar-refractivity contribution < 1.29 is 8.42 Å². The Morgan fingerprint density at radius 2 is 1.87 bits per heavy atom. The summed E-state index contributed by atoms with van der Waals surface area (Å²) >= 11 is 0. The molecule has 0 spiro atoms. The van der Waals surface area contributed by atoms with Crippen LogP contribution >= 0.6 is 0 Å². The fourth-order valence-corrected chi connectivity index (χ4v) is 4.19. The molecule has 1 saturated carbocycles. The Kier molecular flexibility index (Phi) is 3.05. The number of hydrogen-bond acceptors (Lipinski definition) is 2. The Bertz CT molecular complexity index is 328. The highest BCUT2D eigenvalue weighted by Crippen LogP contribution is 2.39. The van der Waals surface area contributed by atoms with E-state index in [1.807, 2.05) is 0 Å². The number of hydrogen-bond donors (Lipinski definition) is 1. The second kappa shape index (κ2) is 4.03. The minimum atomic E-state index is -3.49. The van der Waals surface area contributed by atoms with E-state index in [9.17, 15) is 8.42 Å². The highest BCUT2D eigenvalue weighted by molar-refractivity contribution is 7.86. The summed E-state index contributed by atoms with van der Waals surface area (Å²) in [4.78, 5) is 0. The molecule has 1 saturated heterocycles. The van der Waals surface area contributed by atoms with E-state index in [-0.39, 0.29) is 6.04 Å². The van der Waals surface area contributed by atoms with Crippen LogP contribution < -0.4 is 5.14 Å². The fraction of sp³-hybridized carbons (Fsp3) is 1.00. The normalized spacial score (nSPS) is 38.7. The van der Waals surface area contributed by atoms with E-state index >= 15 is 0 Å². The van der Waals surface area contributed by atoms with Crippen molar-refractivity contribution in [3.8, 4) is 0 Å². The van der Waals surface area contributed by atoms with Crippen LogP contribution in [0, 0.1) is 11.8 Å². The summed E-state index contributed by atoms with van der Waals surface area (Å²) in [5.41, 5.74) is 0. The molecule has 0 aromatic heterocycles. The second-order valence-corrected chi connectivity index (χ2v) is 6.44. The van der Waals surface area contributed by atoms with Gasteiger partial charge in [0, 0.05) is 12.6 Å². The van der Waals surface area contributed by atoms with E-state index in [1.54, 1.807) is 0 Å². The van der Waals surface area contributed by atoms with Crippen molar-refractivity contribution in [2.45, 2.75) is 45.1 Å². The standard InChI is InChI=1S/C10H20N2O2S/c1-8-6-7-12(15(11,13)14)10-5-3-2-4-9(8)10/h8-10H,2-7H2,1H3,(H2,11,13,14). The predicted molar refractivity (Wildman–Crippen MR) is 59.3 cm³/mol. The first kappa shape index (κ1) is 11.4. The first-order valence-corrected chi connectivity index (χ1v) is 7.30. The van der Waals surface area contributed by atoms with E-state index in [1.165, 1.54) is 10.7 Å². The molecule has 2 aliphatic rings. The van der Waals surface area contributed by atoms with Crippen molar-refractivity contribution in [3.63, 3.8) is 0 Å². The highest BCUT2D eigenvalue weighted by atomic mass is 32.2. The quantitative estimate of drug-likeness (QED) is 0.735. The third-order valence-electron chi connectivity index (χ3n) is 4.01. The minimum absolute atomic E-state index is 0.178. The smallest absolute Gasteiger partial charge is 0.216 e. The Hall–Kier alpha value is -0.130. The molecule has 0 radical (unpaired) electrons. The van der Waals surface area contributed by atoms with Gasteiger partial charge in [-0.15, -0.1) is 0 Å². The number of fused-ring (bicyclic) bond motifs is 1. The lowest BCUT2D eigenvalue weighted by Crippen LogP contribution is -2.54. The summed E-state index contributed by atoms with van der Waals surface area (Å²) in [5.74, 6) is 1.18. The molecule has 0 bridgehead atoms. The van der Waals surface area contributed by atoms with Crippen molar-refractivity contribution in [2.24, 2.45) is 17.0 Å². The lowest BCUT2D eigenvalue weighted by Gasteiger charge is -2.45. The van der Waals surface area contributed by atoms with Crippen LogP contribution in [0.4, 0.5) is 0 Å². The maximum absolute atomic E-state index is 11.5. The van der Waals surface area contributed by atoms with Crippen LogP contribution in [0.2, 0.25) is 0 Å². The maximum atomic E-state index is 11.5. The largest absolute Gasteiger partial charge is 0.277 e. The summed E-state index contributed by atoms with van der Waals surface area (Å²) in [5, 5.41) is 5.26. The third-order valence-corrected chi connectivity index (χ3v) is 5.12. The van der Waals surface area contributed by atoms with Crippen LogP contribution in [0.5, 0.6) is 0 Å². The molecular weight excluding hydrogens is 212 g/mol. The van der Waals surface area contributed by atoms with E-state index in [2.05, 4.69) is 6.92 Å². The van der Waals surface area contributed by atoms with Gasteiger partial charge in [0.2, 0.25) is 0 Å². The second-order valence-electron chi connectivity index (χ2n) is 4.94. The topological polar surface area (TPSA) is 63.4 Å². The zero-order valence-electron chi connectivity index (χ0n) is 9.22. The van der Waals surface area contributed by atoms with Crippen molar-refractivity contribution in [2.75, 3.05) is 6.54 Å². The van der Waals surface area contributed by atoms with Gasteiger partial charge in [0.05, 0.1) is 0 Å². The first-order chi connectivity index (χ1) is 7.00. The Morgan fingerprint density at radius 1 is 1.20 bits per heavy atom. The Balaban J connectivity index is 2.21. The van der Waals surface area contributed by atoms with Gasteiger partial charge in [-0.3, -0.25) is 0 Å². The summed E-state index contributed by atoms with van der Waals surface area (Å²) in [6.45, 7) is 2.85.